The zero-order chi connectivity index (χ0) is 18.8. The van der Waals surface area contributed by atoms with Crippen LogP contribution in [0.3, 0.4) is 0 Å². The Kier molecular flexibility index (Phi) is 5.52. The van der Waals surface area contributed by atoms with Crippen LogP contribution in [0.1, 0.15) is 12.8 Å². The molecule has 0 atom stereocenters. The number of carbonyl (C=O) groups excluding carboxylic acids is 1. The molecule has 0 N–H and O–H groups in total. The van der Waals surface area contributed by atoms with Gasteiger partial charge < -0.3 is 9.64 Å². The molecule has 1 aromatic carbocycles. The van der Waals surface area contributed by atoms with E-state index in [4.69, 9.17) is 16.3 Å². The zero-order valence-corrected chi connectivity index (χ0v) is 17.2. The van der Waals surface area contributed by atoms with Crippen molar-refractivity contribution in [3.63, 3.8) is 0 Å². The van der Waals surface area contributed by atoms with Gasteiger partial charge in [0.15, 0.2) is 5.16 Å². The van der Waals surface area contributed by atoms with Gasteiger partial charge in [0.25, 0.3) is 0 Å². The monoisotopic (exact) mass is 419 g/mol. The Morgan fingerprint density at radius 3 is 2.70 bits per heavy atom. The second-order valence-corrected chi connectivity index (χ2v) is 8.39. The van der Waals surface area contributed by atoms with E-state index in [1.54, 1.807) is 7.11 Å². The SMILES string of the molecule is COc1ccc(-c2csc3nc(SCC(=O)N4CCCC4)nc(Cl)c23)cc1. The summed E-state index contributed by atoms with van der Waals surface area (Å²) in [6.07, 6.45) is 2.18. The molecular weight excluding hydrogens is 402 g/mol. The third kappa shape index (κ3) is 3.90. The van der Waals surface area contributed by atoms with Crippen molar-refractivity contribution in [3.8, 4) is 16.9 Å². The molecule has 1 aliphatic rings. The number of carbonyl (C=O) groups is 1. The first-order valence-electron chi connectivity index (χ1n) is 8.65. The van der Waals surface area contributed by atoms with Crippen molar-refractivity contribution < 1.29 is 9.53 Å². The van der Waals surface area contributed by atoms with Gasteiger partial charge in [-0.05, 0) is 30.5 Å². The summed E-state index contributed by atoms with van der Waals surface area (Å²) < 4.78 is 5.21. The van der Waals surface area contributed by atoms with Gasteiger partial charge >= 0.3 is 0 Å². The number of aromatic nitrogens is 2. The molecule has 1 aliphatic heterocycles. The molecule has 0 spiro atoms. The van der Waals surface area contributed by atoms with E-state index in [-0.39, 0.29) is 5.91 Å². The van der Waals surface area contributed by atoms with Crippen LogP contribution in [-0.4, -0.2) is 46.7 Å². The Labute approximate surface area is 170 Å². The lowest BCUT2D eigenvalue weighted by Gasteiger charge is -2.14. The molecule has 2 aromatic heterocycles. The molecule has 3 aromatic rings. The number of nitrogens with zero attached hydrogens (tertiary/aromatic N) is 3. The van der Waals surface area contributed by atoms with Crippen molar-refractivity contribution >= 4 is 50.8 Å². The molecule has 3 heterocycles. The highest BCUT2D eigenvalue weighted by atomic mass is 35.5. The minimum absolute atomic E-state index is 0.141. The average Bonchev–Trinajstić information content (AvgIpc) is 3.36. The Bertz CT molecular complexity index is 969. The van der Waals surface area contributed by atoms with Crippen LogP contribution in [0.25, 0.3) is 21.3 Å². The maximum atomic E-state index is 12.2. The minimum Gasteiger partial charge on any atom is -0.497 e. The molecular formula is C19H18ClN3O2S2. The molecule has 0 aliphatic carbocycles. The topological polar surface area (TPSA) is 55.3 Å². The zero-order valence-electron chi connectivity index (χ0n) is 14.8. The molecule has 1 amide bonds. The second kappa shape index (κ2) is 8.04. The number of amides is 1. The first-order valence-corrected chi connectivity index (χ1v) is 10.9. The highest BCUT2D eigenvalue weighted by molar-refractivity contribution is 7.99. The number of rotatable bonds is 5. The second-order valence-electron chi connectivity index (χ2n) is 6.23. The Morgan fingerprint density at radius 1 is 1.26 bits per heavy atom. The number of fused-ring (bicyclic) bond motifs is 1. The molecule has 140 valence electrons. The smallest absolute Gasteiger partial charge is 0.233 e. The first kappa shape index (κ1) is 18.5. The van der Waals surface area contributed by atoms with Crippen molar-refractivity contribution in [2.75, 3.05) is 26.0 Å². The van der Waals surface area contributed by atoms with Crippen LogP contribution in [-0.2, 0) is 4.79 Å². The number of halogens is 1. The highest BCUT2D eigenvalue weighted by Gasteiger charge is 2.19. The van der Waals surface area contributed by atoms with E-state index >= 15 is 0 Å². The van der Waals surface area contributed by atoms with Gasteiger partial charge in [0, 0.05) is 24.0 Å². The molecule has 0 radical (unpaired) electrons. The van der Waals surface area contributed by atoms with Gasteiger partial charge in [-0.1, -0.05) is 35.5 Å². The van der Waals surface area contributed by atoms with Crippen LogP contribution in [0.4, 0.5) is 0 Å². The molecule has 1 saturated heterocycles. The number of thioether (sulfide) groups is 1. The summed E-state index contributed by atoms with van der Waals surface area (Å²) in [7, 11) is 1.65. The normalized spacial score (nSPS) is 14.1. The van der Waals surface area contributed by atoms with Crippen LogP contribution in [0.5, 0.6) is 5.75 Å². The number of hydrogen-bond acceptors (Lipinski definition) is 6. The summed E-state index contributed by atoms with van der Waals surface area (Å²) in [6, 6.07) is 7.83. The third-order valence-electron chi connectivity index (χ3n) is 4.55. The van der Waals surface area contributed by atoms with E-state index < -0.39 is 0 Å². The van der Waals surface area contributed by atoms with Crippen molar-refractivity contribution in [1.29, 1.82) is 0 Å². The fraction of sp³-hybridized carbons (Fsp3) is 0.316. The molecule has 8 heteroatoms. The van der Waals surface area contributed by atoms with Crippen molar-refractivity contribution in [1.82, 2.24) is 14.9 Å². The van der Waals surface area contributed by atoms with Crippen LogP contribution >= 0.6 is 34.7 Å². The van der Waals surface area contributed by atoms with Crippen LogP contribution in [0, 0.1) is 0 Å². The number of thiophene rings is 1. The summed E-state index contributed by atoms with van der Waals surface area (Å²) in [4.78, 5) is 24.0. The number of ether oxygens (including phenoxy) is 1. The summed E-state index contributed by atoms with van der Waals surface area (Å²) in [5.41, 5.74) is 2.05. The van der Waals surface area contributed by atoms with E-state index in [0.717, 1.165) is 53.0 Å². The Morgan fingerprint density at radius 2 is 2.00 bits per heavy atom. The number of hydrogen-bond donors (Lipinski definition) is 0. The van der Waals surface area contributed by atoms with E-state index in [9.17, 15) is 4.79 Å². The van der Waals surface area contributed by atoms with Gasteiger partial charge in [0.1, 0.15) is 15.7 Å². The van der Waals surface area contributed by atoms with Gasteiger partial charge in [0.2, 0.25) is 5.91 Å². The van der Waals surface area contributed by atoms with Gasteiger partial charge in [-0.2, -0.15) is 0 Å². The van der Waals surface area contributed by atoms with Crippen molar-refractivity contribution in [3.05, 3.63) is 34.8 Å². The average molecular weight is 420 g/mol. The lowest BCUT2D eigenvalue weighted by Crippen LogP contribution is -2.29. The summed E-state index contributed by atoms with van der Waals surface area (Å²) in [5, 5.41) is 3.85. The third-order valence-corrected chi connectivity index (χ3v) is 6.53. The van der Waals surface area contributed by atoms with Gasteiger partial charge in [-0.3, -0.25) is 4.79 Å². The van der Waals surface area contributed by atoms with Crippen molar-refractivity contribution in [2.24, 2.45) is 0 Å². The fourth-order valence-corrected chi connectivity index (χ4v) is 5.24. The summed E-state index contributed by atoms with van der Waals surface area (Å²) >= 11 is 9.36. The van der Waals surface area contributed by atoms with E-state index in [2.05, 4.69) is 9.97 Å². The van der Waals surface area contributed by atoms with E-state index in [1.807, 2.05) is 34.5 Å². The number of benzene rings is 1. The van der Waals surface area contributed by atoms with Crippen LogP contribution < -0.4 is 4.74 Å². The van der Waals surface area contributed by atoms with E-state index in [1.165, 1.54) is 23.1 Å². The van der Waals surface area contributed by atoms with Crippen molar-refractivity contribution in [2.45, 2.75) is 18.0 Å². The molecule has 0 bridgehead atoms. The van der Waals surface area contributed by atoms with Crippen LogP contribution in [0.15, 0.2) is 34.8 Å². The Balaban J connectivity index is 1.56. The summed E-state index contributed by atoms with van der Waals surface area (Å²) in [5.74, 6) is 1.29. The lowest BCUT2D eigenvalue weighted by atomic mass is 10.1. The minimum atomic E-state index is 0.141. The fourth-order valence-electron chi connectivity index (χ4n) is 3.11. The largest absolute Gasteiger partial charge is 0.497 e. The van der Waals surface area contributed by atoms with Gasteiger partial charge in [0.05, 0.1) is 18.2 Å². The number of methoxy groups -OCH3 is 1. The number of likely N-dealkylation sites (tertiary alicyclic amines) is 1. The van der Waals surface area contributed by atoms with Crippen LogP contribution in [0.2, 0.25) is 5.15 Å². The highest BCUT2D eigenvalue weighted by Crippen LogP contribution is 2.38. The molecule has 4 rings (SSSR count). The van der Waals surface area contributed by atoms with E-state index in [0.29, 0.717) is 16.1 Å². The molecule has 5 nitrogen and oxygen atoms in total. The quantitative estimate of drug-likeness (QED) is 0.340. The first-order chi connectivity index (χ1) is 13.2. The molecule has 27 heavy (non-hydrogen) atoms. The Hall–Kier alpha value is -1.83. The summed E-state index contributed by atoms with van der Waals surface area (Å²) in [6.45, 7) is 1.71. The predicted molar refractivity (Wildman–Crippen MR) is 111 cm³/mol. The maximum Gasteiger partial charge on any atom is 0.233 e. The molecule has 0 unspecified atom stereocenters. The molecule has 1 fully saturated rings. The van der Waals surface area contributed by atoms with Gasteiger partial charge in [-0.15, -0.1) is 11.3 Å². The molecule has 0 saturated carbocycles. The standard InChI is InChI=1S/C19H18ClN3O2S2/c1-25-13-6-4-12(5-7-13)14-10-26-18-16(14)17(20)21-19(22-18)27-11-15(24)23-8-2-3-9-23/h4-7,10H,2-3,8-9,11H2,1H3. The lowest BCUT2D eigenvalue weighted by molar-refractivity contribution is -0.127. The van der Waals surface area contributed by atoms with Gasteiger partial charge in [-0.25, -0.2) is 9.97 Å². The maximum absolute atomic E-state index is 12.2. The predicted octanol–water partition coefficient (Wildman–Crippen LogP) is 4.73.